The van der Waals surface area contributed by atoms with Crippen molar-refractivity contribution < 1.29 is 18.0 Å². The standard InChI is InChI=1S/C24H33N3O4S/c1-17-14-22(18(2)27(17)24(4,5)6)23(29)16-25-10-12-26(13-11-25)32(30,31)21-9-7-8-20(15-21)19(3)28/h7-9,14-15H,10-13,16H2,1-6H3. The van der Waals surface area contributed by atoms with Crippen LogP contribution in [0.4, 0.5) is 0 Å². The molecule has 0 amide bonds. The lowest BCUT2D eigenvalue weighted by Crippen LogP contribution is -2.49. The third-order valence-corrected chi connectivity index (χ3v) is 7.87. The van der Waals surface area contributed by atoms with Gasteiger partial charge in [-0.25, -0.2) is 8.42 Å². The van der Waals surface area contributed by atoms with Gasteiger partial charge in [0.25, 0.3) is 0 Å². The van der Waals surface area contributed by atoms with Gasteiger partial charge in [0.2, 0.25) is 10.0 Å². The Morgan fingerprint density at radius 3 is 2.16 bits per heavy atom. The Morgan fingerprint density at radius 1 is 1.00 bits per heavy atom. The summed E-state index contributed by atoms with van der Waals surface area (Å²) in [6.45, 7) is 13.6. The number of carbonyl (C=O) groups is 2. The second kappa shape index (κ2) is 8.92. The van der Waals surface area contributed by atoms with E-state index in [1.165, 1.54) is 23.4 Å². The highest BCUT2D eigenvalue weighted by molar-refractivity contribution is 7.89. The van der Waals surface area contributed by atoms with E-state index in [1.54, 1.807) is 12.1 Å². The van der Waals surface area contributed by atoms with Crippen LogP contribution in [-0.2, 0) is 15.6 Å². The first-order chi connectivity index (χ1) is 14.8. The molecule has 1 fully saturated rings. The quantitative estimate of drug-likeness (QED) is 0.620. The van der Waals surface area contributed by atoms with Crippen molar-refractivity contribution in [1.29, 1.82) is 0 Å². The topological polar surface area (TPSA) is 79.7 Å². The van der Waals surface area contributed by atoms with Crippen LogP contribution in [-0.4, -0.2) is 66.5 Å². The number of rotatable bonds is 6. The van der Waals surface area contributed by atoms with E-state index in [0.717, 1.165) is 17.0 Å². The lowest BCUT2D eigenvalue weighted by molar-refractivity contribution is 0.0900. The number of benzene rings is 1. The maximum Gasteiger partial charge on any atom is 0.243 e. The number of nitrogens with zero attached hydrogens (tertiary/aromatic N) is 3. The molecule has 0 atom stereocenters. The van der Waals surface area contributed by atoms with E-state index in [-0.39, 0.29) is 28.5 Å². The molecule has 7 nitrogen and oxygen atoms in total. The summed E-state index contributed by atoms with van der Waals surface area (Å²) in [7, 11) is -3.68. The molecule has 1 aromatic carbocycles. The van der Waals surface area contributed by atoms with Gasteiger partial charge in [0.15, 0.2) is 11.6 Å². The van der Waals surface area contributed by atoms with E-state index in [2.05, 4.69) is 25.3 Å². The second-order valence-electron chi connectivity index (χ2n) is 9.48. The first-order valence-corrected chi connectivity index (χ1v) is 12.3. The maximum atomic E-state index is 13.0. The minimum Gasteiger partial charge on any atom is -0.343 e. The van der Waals surface area contributed by atoms with Crippen molar-refractivity contribution in [2.75, 3.05) is 32.7 Å². The first-order valence-electron chi connectivity index (χ1n) is 10.9. The molecule has 2 heterocycles. The summed E-state index contributed by atoms with van der Waals surface area (Å²) in [4.78, 5) is 26.8. The molecule has 0 unspecified atom stereocenters. The third-order valence-electron chi connectivity index (χ3n) is 5.98. The third kappa shape index (κ3) is 4.87. The molecule has 1 aliphatic rings. The monoisotopic (exact) mass is 459 g/mol. The Labute approximate surface area is 191 Å². The van der Waals surface area contributed by atoms with E-state index >= 15 is 0 Å². The van der Waals surface area contributed by atoms with Crippen LogP contribution in [0.25, 0.3) is 0 Å². The fraction of sp³-hybridized carbons (Fsp3) is 0.500. The smallest absolute Gasteiger partial charge is 0.243 e. The van der Waals surface area contributed by atoms with Gasteiger partial charge in [-0.2, -0.15) is 4.31 Å². The predicted octanol–water partition coefficient (Wildman–Crippen LogP) is 3.25. The number of sulfonamides is 1. The molecule has 8 heteroatoms. The summed E-state index contributed by atoms with van der Waals surface area (Å²) in [5.41, 5.74) is 3.03. The van der Waals surface area contributed by atoms with Gasteiger partial charge in [-0.1, -0.05) is 12.1 Å². The lowest BCUT2D eigenvalue weighted by atomic mass is 10.1. The highest BCUT2D eigenvalue weighted by Gasteiger charge is 2.30. The number of Topliss-reactive ketones (excluding diaryl/α,β-unsaturated/α-hetero) is 2. The van der Waals surface area contributed by atoms with Crippen LogP contribution in [0.1, 0.15) is 59.8 Å². The SMILES string of the molecule is CC(=O)c1cccc(S(=O)(=O)N2CCN(CC(=O)c3cc(C)n(C(C)(C)C)c3C)CC2)c1. The Bertz CT molecular complexity index is 1130. The summed E-state index contributed by atoms with van der Waals surface area (Å²) in [6.07, 6.45) is 0. The summed E-state index contributed by atoms with van der Waals surface area (Å²) >= 11 is 0. The van der Waals surface area contributed by atoms with Gasteiger partial charge in [0, 0.05) is 54.2 Å². The number of aryl methyl sites for hydroxylation is 1. The first kappa shape index (κ1) is 24.4. The van der Waals surface area contributed by atoms with Gasteiger partial charge < -0.3 is 4.57 Å². The molecule has 0 aliphatic carbocycles. The molecule has 0 radical (unpaired) electrons. The van der Waals surface area contributed by atoms with Gasteiger partial charge >= 0.3 is 0 Å². The van der Waals surface area contributed by atoms with Crippen LogP contribution in [0, 0.1) is 13.8 Å². The Hall–Kier alpha value is -2.29. The fourth-order valence-corrected chi connectivity index (χ4v) is 5.99. The molecule has 32 heavy (non-hydrogen) atoms. The van der Waals surface area contributed by atoms with Gasteiger partial charge in [0.1, 0.15) is 0 Å². The van der Waals surface area contributed by atoms with Crippen molar-refractivity contribution >= 4 is 21.6 Å². The molecule has 1 saturated heterocycles. The zero-order valence-corrected chi connectivity index (χ0v) is 20.6. The number of aromatic nitrogens is 1. The zero-order chi connectivity index (χ0) is 23.8. The van der Waals surface area contributed by atoms with Crippen LogP contribution >= 0.6 is 0 Å². The van der Waals surface area contributed by atoms with E-state index in [1.807, 2.05) is 24.8 Å². The Kier molecular flexibility index (Phi) is 6.79. The summed E-state index contributed by atoms with van der Waals surface area (Å²) in [5, 5.41) is 0. The van der Waals surface area contributed by atoms with Gasteiger partial charge in [0.05, 0.1) is 11.4 Å². The molecule has 1 aromatic heterocycles. The van der Waals surface area contributed by atoms with Crippen molar-refractivity contribution in [2.24, 2.45) is 0 Å². The Balaban J connectivity index is 1.67. The molecule has 3 rings (SSSR count). The molecule has 0 spiro atoms. The van der Waals surface area contributed by atoms with E-state index in [4.69, 9.17) is 0 Å². The van der Waals surface area contributed by atoms with Gasteiger partial charge in [-0.3, -0.25) is 14.5 Å². The molecule has 174 valence electrons. The summed E-state index contributed by atoms with van der Waals surface area (Å²) in [6, 6.07) is 8.10. The number of piperazine rings is 1. The Morgan fingerprint density at radius 2 is 1.62 bits per heavy atom. The van der Waals surface area contributed by atoms with Crippen molar-refractivity contribution in [3.63, 3.8) is 0 Å². The van der Waals surface area contributed by atoms with Crippen molar-refractivity contribution in [3.8, 4) is 0 Å². The lowest BCUT2D eigenvalue weighted by Gasteiger charge is -2.33. The van der Waals surface area contributed by atoms with Gasteiger partial charge in [-0.05, 0) is 59.7 Å². The normalized spacial score (nSPS) is 16.3. The second-order valence-corrected chi connectivity index (χ2v) is 11.4. The zero-order valence-electron chi connectivity index (χ0n) is 19.8. The highest BCUT2D eigenvalue weighted by atomic mass is 32.2. The molecule has 0 saturated carbocycles. The maximum absolute atomic E-state index is 13.0. The fourth-order valence-electron chi connectivity index (χ4n) is 4.52. The van der Waals surface area contributed by atoms with Crippen molar-refractivity contribution in [2.45, 2.75) is 52.0 Å². The van der Waals surface area contributed by atoms with Crippen molar-refractivity contribution in [3.05, 3.63) is 52.8 Å². The number of ketones is 2. The molecule has 0 N–H and O–H groups in total. The number of hydrogen-bond donors (Lipinski definition) is 0. The average molecular weight is 460 g/mol. The van der Waals surface area contributed by atoms with Crippen LogP contribution in [0.3, 0.4) is 0 Å². The van der Waals surface area contributed by atoms with Crippen molar-refractivity contribution in [1.82, 2.24) is 13.8 Å². The van der Waals surface area contributed by atoms with Crippen LogP contribution in [0.2, 0.25) is 0 Å². The molecule has 2 aromatic rings. The summed E-state index contributed by atoms with van der Waals surface area (Å²) in [5.74, 6) is -0.115. The van der Waals surface area contributed by atoms with E-state index in [9.17, 15) is 18.0 Å². The molecular formula is C24H33N3O4S. The summed E-state index contributed by atoms with van der Waals surface area (Å²) < 4.78 is 29.6. The van der Waals surface area contributed by atoms with Gasteiger partial charge in [-0.15, -0.1) is 0 Å². The van der Waals surface area contributed by atoms with Crippen LogP contribution < -0.4 is 0 Å². The average Bonchev–Trinajstić information content (AvgIpc) is 3.02. The van der Waals surface area contributed by atoms with Crippen LogP contribution in [0.15, 0.2) is 35.2 Å². The molecule has 1 aliphatic heterocycles. The van der Waals surface area contributed by atoms with E-state index < -0.39 is 10.0 Å². The molecular weight excluding hydrogens is 426 g/mol. The highest BCUT2D eigenvalue weighted by Crippen LogP contribution is 2.25. The largest absolute Gasteiger partial charge is 0.343 e. The minimum absolute atomic E-state index is 0.0547. The predicted molar refractivity (Wildman–Crippen MR) is 125 cm³/mol. The van der Waals surface area contributed by atoms with E-state index in [0.29, 0.717) is 31.7 Å². The molecule has 0 bridgehead atoms. The minimum atomic E-state index is -3.68. The van der Waals surface area contributed by atoms with Crippen LogP contribution in [0.5, 0.6) is 0 Å². The number of hydrogen-bond acceptors (Lipinski definition) is 5. The number of carbonyl (C=O) groups excluding carboxylic acids is 2.